The molecule has 1 heterocycles. The summed E-state index contributed by atoms with van der Waals surface area (Å²) in [5.41, 5.74) is 3.09. The highest BCUT2D eigenvalue weighted by atomic mass is 16.2. The molecule has 3 heteroatoms. The molecule has 5 rings (SSSR count). The smallest absolute Gasteiger partial charge is 0.254 e. The Morgan fingerprint density at radius 2 is 1.77 bits per heavy atom. The van der Waals surface area contributed by atoms with Crippen molar-refractivity contribution < 1.29 is 4.79 Å². The third-order valence-electron chi connectivity index (χ3n) is 5.22. The van der Waals surface area contributed by atoms with Crippen molar-refractivity contribution in [2.24, 2.45) is 0 Å². The van der Waals surface area contributed by atoms with Crippen LogP contribution in [-0.4, -0.2) is 21.8 Å². The predicted molar refractivity (Wildman–Crippen MR) is 105 cm³/mol. The van der Waals surface area contributed by atoms with E-state index in [2.05, 4.69) is 41.4 Å². The highest BCUT2D eigenvalue weighted by molar-refractivity contribution is 5.99. The van der Waals surface area contributed by atoms with Crippen LogP contribution >= 0.6 is 0 Å². The van der Waals surface area contributed by atoms with Gasteiger partial charge in [-0.15, -0.1) is 0 Å². The maximum Gasteiger partial charge on any atom is 0.254 e. The summed E-state index contributed by atoms with van der Waals surface area (Å²) in [6.07, 6.45) is 4.16. The normalized spacial score (nSPS) is 14.0. The quantitative estimate of drug-likeness (QED) is 0.549. The maximum atomic E-state index is 13.2. The molecule has 1 aliphatic carbocycles. The Morgan fingerprint density at radius 3 is 2.62 bits per heavy atom. The molecule has 1 saturated carbocycles. The third-order valence-corrected chi connectivity index (χ3v) is 5.22. The lowest BCUT2D eigenvalue weighted by Gasteiger charge is -2.23. The molecule has 0 aliphatic heterocycles. The summed E-state index contributed by atoms with van der Waals surface area (Å²) in [4.78, 5) is 18.5. The van der Waals surface area contributed by atoms with Crippen molar-refractivity contribution in [3.63, 3.8) is 0 Å². The van der Waals surface area contributed by atoms with Gasteiger partial charge in [0.25, 0.3) is 5.91 Å². The highest BCUT2D eigenvalue weighted by Gasteiger charge is 2.33. The molecule has 0 atom stereocenters. The van der Waals surface area contributed by atoms with Crippen LogP contribution in [0.15, 0.2) is 72.9 Å². The standard InChI is InChI=1S/C23H20N2O/c26-23(20-7-6-17-3-1-2-4-18(17)14-20)25(21-8-9-21)15-16-5-10-22-19(13-16)11-12-24-22/h1-7,10-14,21,24H,8-9,15H2. The van der Waals surface area contributed by atoms with Gasteiger partial charge in [-0.1, -0.05) is 36.4 Å². The average Bonchev–Trinajstić information content (AvgIpc) is 3.42. The molecular formula is C23H20N2O. The van der Waals surface area contributed by atoms with Crippen LogP contribution in [0.4, 0.5) is 0 Å². The molecule has 0 spiro atoms. The summed E-state index contributed by atoms with van der Waals surface area (Å²) in [5, 5.41) is 3.47. The first kappa shape index (κ1) is 15.2. The van der Waals surface area contributed by atoms with E-state index in [1.54, 1.807) is 0 Å². The van der Waals surface area contributed by atoms with Crippen LogP contribution in [0.25, 0.3) is 21.7 Å². The minimum atomic E-state index is 0.132. The number of aromatic amines is 1. The maximum absolute atomic E-state index is 13.2. The van der Waals surface area contributed by atoms with E-state index >= 15 is 0 Å². The molecule has 4 aromatic rings. The van der Waals surface area contributed by atoms with E-state index in [-0.39, 0.29) is 5.91 Å². The van der Waals surface area contributed by atoms with Crippen LogP contribution in [0, 0.1) is 0 Å². The van der Waals surface area contributed by atoms with Gasteiger partial charge in [0.05, 0.1) is 0 Å². The van der Waals surface area contributed by atoms with E-state index in [4.69, 9.17) is 0 Å². The molecule has 26 heavy (non-hydrogen) atoms. The number of hydrogen-bond donors (Lipinski definition) is 1. The van der Waals surface area contributed by atoms with Crippen molar-refractivity contribution in [3.05, 3.63) is 84.1 Å². The largest absolute Gasteiger partial charge is 0.361 e. The first-order valence-corrected chi connectivity index (χ1v) is 9.14. The number of H-pyrrole nitrogens is 1. The van der Waals surface area contributed by atoms with E-state index in [1.165, 1.54) is 16.3 Å². The topological polar surface area (TPSA) is 36.1 Å². The van der Waals surface area contributed by atoms with Crippen LogP contribution < -0.4 is 0 Å². The molecule has 0 bridgehead atoms. The van der Waals surface area contributed by atoms with Crippen molar-refractivity contribution >= 4 is 27.6 Å². The van der Waals surface area contributed by atoms with Crippen molar-refractivity contribution in [1.82, 2.24) is 9.88 Å². The number of nitrogens with one attached hydrogen (secondary N) is 1. The molecule has 1 aromatic heterocycles. The van der Waals surface area contributed by atoms with Crippen molar-refractivity contribution in [2.45, 2.75) is 25.4 Å². The van der Waals surface area contributed by atoms with Gasteiger partial charge in [0.2, 0.25) is 0 Å². The fraction of sp³-hybridized carbons (Fsp3) is 0.174. The van der Waals surface area contributed by atoms with Gasteiger partial charge in [-0.3, -0.25) is 4.79 Å². The molecule has 0 radical (unpaired) electrons. The second-order valence-corrected chi connectivity index (χ2v) is 7.13. The summed E-state index contributed by atoms with van der Waals surface area (Å²) < 4.78 is 0. The number of carbonyl (C=O) groups excluding carboxylic acids is 1. The van der Waals surface area contributed by atoms with Gasteiger partial charge in [-0.05, 0) is 64.9 Å². The Kier molecular flexibility index (Phi) is 3.52. The van der Waals surface area contributed by atoms with E-state index in [1.807, 2.05) is 41.4 Å². The first-order valence-electron chi connectivity index (χ1n) is 9.14. The number of carbonyl (C=O) groups is 1. The molecule has 0 saturated heterocycles. The molecule has 1 aliphatic rings. The summed E-state index contributed by atoms with van der Waals surface area (Å²) in [7, 11) is 0. The first-order chi connectivity index (χ1) is 12.8. The summed E-state index contributed by atoms with van der Waals surface area (Å²) in [6, 6.07) is 23.0. The van der Waals surface area contributed by atoms with Crippen LogP contribution in [0.3, 0.4) is 0 Å². The number of benzene rings is 3. The Balaban J connectivity index is 1.46. The van der Waals surface area contributed by atoms with E-state index in [0.29, 0.717) is 12.6 Å². The molecule has 3 nitrogen and oxygen atoms in total. The van der Waals surface area contributed by atoms with Gasteiger partial charge in [-0.2, -0.15) is 0 Å². The van der Waals surface area contributed by atoms with Crippen LogP contribution in [0.5, 0.6) is 0 Å². The monoisotopic (exact) mass is 340 g/mol. The minimum absolute atomic E-state index is 0.132. The molecular weight excluding hydrogens is 320 g/mol. The fourth-order valence-electron chi connectivity index (χ4n) is 3.64. The Morgan fingerprint density at radius 1 is 0.923 bits per heavy atom. The van der Waals surface area contributed by atoms with E-state index in [0.717, 1.165) is 29.3 Å². The predicted octanol–water partition coefficient (Wildman–Crippen LogP) is 5.13. The minimum Gasteiger partial charge on any atom is -0.361 e. The Hall–Kier alpha value is -3.07. The van der Waals surface area contributed by atoms with Crippen molar-refractivity contribution in [3.8, 4) is 0 Å². The summed E-state index contributed by atoms with van der Waals surface area (Å²) >= 11 is 0. The lowest BCUT2D eigenvalue weighted by Crippen LogP contribution is -2.32. The zero-order valence-electron chi connectivity index (χ0n) is 14.5. The van der Waals surface area contributed by atoms with Gasteiger partial charge < -0.3 is 9.88 Å². The second kappa shape index (κ2) is 6.03. The van der Waals surface area contributed by atoms with Crippen LogP contribution in [0.1, 0.15) is 28.8 Å². The SMILES string of the molecule is O=C(c1ccc2ccccc2c1)N(Cc1ccc2[nH]ccc2c1)C1CC1. The molecule has 1 N–H and O–H groups in total. The number of fused-ring (bicyclic) bond motifs is 2. The van der Waals surface area contributed by atoms with E-state index < -0.39 is 0 Å². The number of aromatic nitrogens is 1. The molecule has 1 fully saturated rings. The molecule has 128 valence electrons. The molecule has 1 amide bonds. The summed E-state index contributed by atoms with van der Waals surface area (Å²) in [6.45, 7) is 0.664. The number of rotatable bonds is 4. The number of amides is 1. The van der Waals surface area contributed by atoms with Crippen LogP contribution in [-0.2, 0) is 6.54 Å². The molecule has 3 aromatic carbocycles. The second-order valence-electron chi connectivity index (χ2n) is 7.13. The lowest BCUT2D eigenvalue weighted by atomic mass is 10.1. The van der Waals surface area contributed by atoms with Crippen molar-refractivity contribution in [2.75, 3.05) is 0 Å². The van der Waals surface area contributed by atoms with E-state index in [9.17, 15) is 4.79 Å². The van der Waals surface area contributed by atoms with Gasteiger partial charge in [-0.25, -0.2) is 0 Å². The van der Waals surface area contributed by atoms with Crippen LogP contribution in [0.2, 0.25) is 0 Å². The zero-order valence-corrected chi connectivity index (χ0v) is 14.5. The fourth-order valence-corrected chi connectivity index (χ4v) is 3.64. The Bertz CT molecular complexity index is 1110. The average molecular weight is 340 g/mol. The van der Waals surface area contributed by atoms with Gasteiger partial charge >= 0.3 is 0 Å². The zero-order chi connectivity index (χ0) is 17.5. The highest BCUT2D eigenvalue weighted by Crippen LogP contribution is 2.31. The third kappa shape index (κ3) is 2.76. The van der Waals surface area contributed by atoms with Crippen molar-refractivity contribution in [1.29, 1.82) is 0 Å². The number of nitrogens with zero attached hydrogens (tertiary/aromatic N) is 1. The van der Waals surface area contributed by atoms with Gasteiger partial charge in [0, 0.05) is 29.9 Å². The van der Waals surface area contributed by atoms with Gasteiger partial charge in [0.1, 0.15) is 0 Å². The number of hydrogen-bond acceptors (Lipinski definition) is 1. The molecule has 0 unspecified atom stereocenters. The lowest BCUT2D eigenvalue weighted by molar-refractivity contribution is 0.0730. The summed E-state index contributed by atoms with van der Waals surface area (Å²) in [5.74, 6) is 0.132. The van der Waals surface area contributed by atoms with Gasteiger partial charge in [0.15, 0.2) is 0 Å². The Labute approximate surface area is 152 Å².